The molecule has 1 saturated heterocycles. The minimum Gasteiger partial charge on any atom is -0.328 e. The van der Waals surface area contributed by atoms with Crippen LogP contribution in [0.5, 0.6) is 0 Å². The number of thioether (sulfide) groups is 1. The van der Waals surface area contributed by atoms with E-state index in [-0.39, 0.29) is 17.5 Å². The van der Waals surface area contributed by atoms with Crippen LogP contribution in [-0.4, -0.2) is 21.1 Å². The second-order valence-electron chi connectivity index (χ2n) is 7.18. The number of carbonyl (C=O) groups excluding carboxylic acids is 1. The van der Waals surface area contributed by atoms with Crippen LogP contribution in [0.3, 0.4) is 0 Å². The molecule has 0 aliphatic carbocycles. The van der Waals surface area contributed by atoms with Crippen molar-refractivity contribution in [3.05, 3.63) is 66.2 Å². The molecule has 23 heavy (non-hydrogen) atoms. The Kier molecular flexibility index (Phi) is 4.01. The van der Waals surface area contributed by atoms with Gasteiger partial charge >= 0.3 is 0 Å². The summed E-state index contributed by atoms with van der Waals surface area (Å²) in [6.07, 6.45) is 0. The summed E-state index contributed by atoms with van der Waals surface area (Å²) in [4.78, 5) is 16.2. The lowest BCUT2D eigenvalue weighted by molar-refractivity contribution is -0.160. The molecule has 2 aromatic carbocycles. The Labute approximate surface area is 142 Å². The van der Waals surface area contributed by atoms with Crippen molar-refractivity contribution in [2.24, 2.45) is 0 Å². The number of likely N-dealkylation sites (tertiary alicyclic amines) is 1. The van der Waals surface area contributed by atoms with Gasteiger partial charge in [-0.2, -0.15) is 0 Å². The standard InChI is InChI=1S/C20H23NOS/c1-19(2,3)21-17(15-11-7-5-8-12-15)20(4,18(21)22)23-16-13-9-6-10-14-16/h5-14,17H,1-4H3/t17-,20+/m1/s1. The highest BCUT2D eigenvalue weighted by Crippen LogP contribution is 2.56. The van der Waals surface area contributed by atoms with Crippen LogP contribution in [0.1, 0.15) is 39.3 Å². The van der Waals surface area contributed by atoms with Gasteiger partial charge in [-0.3, -0.25) is 4.79 Å². The number of hydrogen-bond acceptors (Lipinski definition) is 2. The second-order valence-corrected chi connectivity index (χ2v) is 8.70. The van der Waals surface area contributed by atoms with E-state index in [0.717, 1.165) is 4.90 Å². The third-order valence-corrected chi connectivity index (χ3v) is 5.66. The van der Waals surface area contributed by atoms with Gasteiger partial charge in [0.2, 0.25) is 5.91 Å². The number of amides is 1. The van der Waals surface area contributed by atoms with E-state index in [1.54, 1.807) is 11.8 Å². The molecule has 0 radical (unpaired) electrons. The van der Waals surface area contributed by atoms with Gasteiger partial charge in [0.15, 0.2) is 0 Å². The molecule has 1 amide bonds. The summed E-state index contributed by atoms with van der Waals surface area (Å²) >= 11 is 1.67. The van der Waals surface area contributed by atoms with E-state index in [9.17, 15) is 4.79 Å². The first-order valence-electron chi connectivity index (χ1n) is 7.97. The number of β-lactam (4-membered cyclic amide) rings is 1. The van der Waals surface area contributed by atoms with E-state index in [2.05, 4.69) is 52.0 Å². The van der Waals surface area contributed by atoms with Crippen molar-refractivity contribution < 1.29 is 4.79 Å². The summed E-state index contributed by atoms with van der Waals surface area (Å²) in [5, 5.41) is 0. The summed E-state index contributed by atoms with van der Waals surface area (Å²) in [5.74, 6) is 0.215. The fraction of sp³-hybridized carbons (Fsp3) is 0.350. The number of rotatable bonds is 3. The maximum absolute atomic E-state index is 13.0. The highest BCUT2D eigenvalue weighted by molar-refractivity contribution is 8.01. The largest absolute Gasteiger partial charge is 0.328 e. The molecule has 0 saturated carbocycles. The van der Waals surface area contributed by atoms with Crippen LogP contribution in [0.4, 0.5) is 0 Å². The molecule has 0 unspecified atom stereocenters. The smallest absolute Gasteiger partial charge is 0.242 e. The fourth-order valence-electron chi connectivity index (χ4n) is 3.28. The van der Waals surface area contributed by atoms with Crippen LogP contribution in [-0.2, 0) is 4.79 Å². The monoisotopic (exact) mass is 325 g/mol. The van der Waals surface area contributed by atoms with Gasteiger partial charge in [-0.25, -0.2) is 0 Å². The molecule has 1 fully saturated rings. The zero-order chi connectivity index (χ0) is 16.7. The number of hydrogen-bond donors (Lipinski definition) is 0. The molecule has 2 nitrogen and oxygen atoms in total. The van der Waals surface area contributed by atoms with Gasteiger partial charge in [-0.05, 0) is 45.4 Å². The van der Waals surface area contributed by atoms with Gasteiger partial charge < -0.3 is 4.90 Å². The van der Waals surface area contributed by atoms with E-state index in [1.807, 2.05) is 41.3 Å². The van der Waals surface area contributed by atoms with E-state index < -0.39 is 4.75 Å². The summed E-state index contributed by atoms with van der Waals surface area (Å²) < 4.78 is -0.462. The Hall–Kier alpha value is -1.74. The highest BCUT2D eigenvalue weighted by atomic mass is 32.2. The minimum absolute atomic E-state index is 0.0846. The molecule has 2 atom stereocenters. The third-order valence-electron chi connectivity index (χ3n) is 4.33. The average Bonchev–Trinajstić information content (AvgIpc) is 2.52. The molecule has 2 aromatic rings. The maximum atomic E-state index is 13.0. The van der Waals surface area contributed by atoms with Crippen molar-refractivity contribution >= 4 is 17.7 Å². The van der Waals surface area contributed by atoms with Crippen molar-refractivity contribution in [3.8, 4) is 0 Å². The summed E-state index contributed by atoms with van der Waals surface area (Å²) in [7, 11) is 0. The van der Waals surface area contributed by atoms with Crippen molar-refractivity contribution in [1.29, 1.82) is 0 Å². The molecule has 120 valence electrons. The first kappa shape index (κ1) is 16.1. The minimum atomic E-state index is -0.462. The van der Waals surface area contributed by atoms with Crippen LogP contribution >= 0.6 is 11.8 Å². The van der Waals surface area contributed by atoms with Gasteiger partial charge in [0.1, 0.15) is 4.75 Å². The SMILES string of the molecule is CC(C)(C)N1C(=O)[C@@](C)(Sc2ccccc2)[C@H]1c1ccccc1. The quantitative estimate of drug-likeness (QED) is 0.747. The molecule has 1 heterocycles. The molecule has 0 N–H and O–H groups in total. The Morgan fingerprint density at radius 2 is 1.48 bits per heavy atom. The van der Waals surface area contributed by atoms with Crippen molar-refractivity contribution in [1.82, 2.24) is 4.90 Å². The average molecular weight is 325 g/mol. The van der Waals surface area contributed by atoms with Gasteiger partial charge in [0.05, 0.1) is 6.04 Å². The van der Waals surface area contributed by atoms with Crippen LogP contribution in [0.25, 0.3) is 0 Å². The number of benzene rings is 2. The van der Waals surface area contributed by atoms with Crippen molar-refractivity contribution in [2.45, 2.75) is 48.9 Å². The lowest BCUT2D eigenvalue weighted by atomic mass is 9.79. The molecular weight excluding hydrogens is 302 g/mol. The van der Waals surface area contributed by atoms with Gasteiger partial charge in [0.25, 0.3) is 0 Å². The molecule has 1 aliphatic heterocycles. The Morgan fingerprint density at radius 1 is 0.957 bits per heavy atom. The lowest BCUT2D eigenvalue weighted by Gasteiger charge is -2.59. The third kappa shape index (κ3) is 2.78. The maximum Gasteiger partial charge on any atom is 0.242 e. The normalized spacial score (nSPS) is 24.4. The first-order chi connectivity index (χ1) is 10.8. The van der Waals surface area contributed by atoms with Gasteiger partial charge in [-0.15, -0.1) is 11.8 Å². The lowest BCUT2D eigenvalue weighted by Crippen LogP contribution is -2.70. The van der Waals surface area contributed by atoms with Crippen LogP contribution in [0.15, 0.2) is 65.6 Å². The Bertz CT molecular complexity index is 693. The predicted octanol–water partition coefficient (Wildman–Crippen LogP) is 4.92. The van der Waals surface area contributed by atoms with Crippen molar-refractivity contribution in [3.63, 3.8) is 0 Å². The molecule has 3 rings (SSSR count). The Morgan fingerprint density at radius 3 is 2.00 bits per heavy atom. The molecule has 0 aromatic heterocycles. The molecular formula is C20H23NOS. The van der Waals surface area contributed by atoms with Gasteiger partial charge in [0, 0.05) is 10.4 Å². The number of nitrogens with zero attached hydrogens (tertiary/aromatic N) is 1. The van der Waals surface area contributed by atoms with Crippen LogP contribution in [0.2, 0.25) is 0 Å². The van der Waals surface area contributed by atoms with Gasteiger partial charge in [-0.1, -0.05) is 48.5 Å². The molecule has 3 heteroatoms. The fourth-order valence-corrected chi connectivity index (χ4v) is 4.60. The van der Waals surface area contributed by atoms with E-state index in [1.165, 1.54) is 5.56 Å². The first-order valence-corrected chi connectivity index (χ1v) is 8.78. The van der Waals surface area contributed by atoms with E-state index in [0.29, 0.717) is 0 Å². The molecule has 1 aliphatic rings. The van der Waals surface area contributed by atoms with E-state index in [4.69, 9.17) is 0 Å². The topological polar surface area (TPSA) is 20.3 Å². The summed E-state index contributed by atoms with van der Waals surface area (Å²) in [5.41, 5.74) is 1.02. The Balaban J connectivity index is 2.00. The summed E-state index contributed by atoms with van der Waals surface area (Å²) in [6, 6.07) is 20.6. The molecule has 0 bridgehead atoms. The molecule has 0 spiro atoms. The van der Waals surface area contributed by atoms with E-state index >= 15 is 0 Å². The number of carbonyl (C=O) groups is 1. The zero-order valence-corrected chi connectivity index (χ0v) is 14.9. The zero-order valence-electron chi connectivity index (χ0n) is 14.1. The van der Waals surface area contributed by atoms with Crippen LogP contribution in [0, 0.1) is 0 Å². The highest BCUT2D eigenvalue weighted by Gasteiger charge is 2.61. The summed E-state index contributed by atoms with van der Waals surface area (Å²) in [6.45, 7) is 8.39. The second kappa shape index (κ2) is 5.72. The predicted molar refractivity (Wildman–Crippen MR) is 96.5 cm³/mol. The van der Waals surface area contributed by atoms with Crippen molar-refractivity contribution in [2.75, 3.05) is 0 Å². The van der Waals surface area contributed by atoms with Crippen LogP contribution < -0.4 is 0 Å².